The predicted molar refractivity (Wildman–Crippen MR) is 69.1 cm³/mol. The summed E-state index contributed by atoms with van der Waals surface area (Å²) < 4.78 is 4.94. The van der Waals surface area contributed by atoms with Crippen LogP contribution in [0.15, 0.2) is 17.5 Å². The summed E-state index contributed by atoms with van der Waals surface area (Å²) in [7, 11) is 1.72. The van der Waals surface area contributed by atoms with Gasteiger partial charge in [0.1, 0.15) is 0 Å². The zero-order chi connectivity index (χ0) is 11.6. The molecule has 1 aromatic heterocycles. The molecule has 1 N–H and O–H groups in total. The maximum atomic E-state index is 4.94. The van der Waals surface area contributed by atoms with E-state index in [2.05, 4.69) is 27.8 Å². The molecule has 3 nitrogen and oxygen atoms in total. The maximum absolute atomic E-state index is 4.94. The third-order valence-electron chi connectivity index (χ3n) is 2.10. The SMILES string of the molecule is COCCNCCC=CCc1nc(C)cs1. The highest BCUT2D eigenvalue weighted by atomic mass is 32.1. The van der Waals surface area contributed by atoms with Crippen LogP contribution in [0.5, 0.6) is 0 Å². The Labute approximate surface area is 102 Å². The Bertz CT molecular complexity index is 310. The van der Waals surface area contributed by atoms with Crippen molar-refractivity contribution in [2.24, 2.45) is 0 Å². The van der Waals surface area contributed by atoms with Crippen LogP contribution in [-0.4, -0.2) is 31.8 Å². The van der Waals surface area contributed by atoms with E-state index >= 15 is 0 Å². The number of aromatic nitrogens is 1. The highest BCUT2D eigenvalue weighted by molar-refractivity contribution is 7.09. The van der Waals surface area contributed by atoms with Crippen molar-refractivity contribution in [1.82, 2.24) is 10.3 Å². The first-order valence-corrected chi connectivity index (χ1v) is 6.46. The van der Waals surface area contributed by atoms with Crippen LogP contribution in [0.1, 0.15) is 17.1 Å². The Kier molecular flexibility index (Phi) is 7.05. The van der Waals surface area contributed by atoms with Crippen LogP contribution in [0, 0.1) is 6.92 Å². The second-order valence-electron chi connectivity index (χ2n) is 3.59. The quantitative estimate of drug-likeness (QED) is 0.558. The fraction of sp³-hybridized carbons (Fsp3) is 0.583. The van der Waals surface area contributed by atoms with Crippen molar-refractivity contribution >= 4 is 11.3 Å². The van der Waals surface area contributed by atoms with Gasteiger partial charge in [-0.1, -0.05) is 12.2 Å². The van der Waals surface area contributed by atoms with Gasteiger partial charge in [0.2, 0.25) is 0 Å². The molecule has 4 heteroatoms. The predicted octanol–water partition coefficient (Wildman–Crippen LogP) is 2.18. The van der Waals surface area contributed by atoms with E-state index in [1.807, 2.05) is 6.92 Å². The number of nitrogens with zero attached hydrogens (tertiary/aromatic N) is 1. The zero-order valence-electron chi connectivity index (χ0n) is 10.0. The average molecular weight is 240 g/mol. The molecule has 1 heterocycles. The number of thiazole rings is 1. The first-order valence-electron chi connectivity index (χ1n) is 5.58. The first kappa shape index (κ1) is 13.4. The van der Waals surface area contributed by atoms with Crippen molar-refractivity contribution in [3.63, 3.8) is 0 Å². The van der Waals surface area contributed by atoms with E-state index in [-0.39, 0.29) is 0 Å². The molecule has 0 aliphatic heterocycles. The lowest BCUT2D eigenvalue weighted by Crippen LogP contribution is -2.19. The van der Waals surface area contributed by atoms with E-state index in [4.69, 9.17) is 4.74 Å². The van der Waals surface area contributed by atoms with Crippen molar-refractivity contribution < 1.29 is 4.74 Å². The van der Waals surface area contributed by atoms with Crippen LogP contribution < -0.4 is 5.32 Å². The molecule has 0 aliphatic rings. The van der Waals surface area contributed by atoms with Gasteiger partial charge in [0.25, 0.3) is 0 Å². The minimum Gasteiger partial charge on any atom is -0.383 e. The molecule has 0 saturated heterocycles. The van der Waals surface area contributed by atoms with Gasteiger partial charge in [0.15, 0.2) is 0 Å². The summed E-state index contributed by atoms with van der Waals surface area (Å²) >= 11 is 1.73. The third kappa shape index (κ3) is 6.00. The fourth-order valence-corrected chi connectivity index (χ4v) is 2.03. The van der Waals surface area contributed by atoms with Gasteiger partial charge in [0, 0.05) is 31.1 Å². The Hall–Kier alpha value is -0.710. The molecule has 0 fully saturated rings. The van der Waals surface area contributed by atoms with Crippen LogP contribution in [0.25, 0.3) is 0 Å². The molecule has 0 aromatic carbocycles. The topological polar surface area (TPSA) is 34.1 Å². The molecule has 0 aliphatic carbocycles. The summed E-state index contributed by atoms with van der Waals surface area (Å²) in [5.74, 6) is 0. The smallest absolute Gasteiger partial charge is 0.0965 e. The Morgan fingerprint density at radius 3 is 3.00 bits per heavy atom. The van der Waals surface area contributed by atoms with Crippen LogP contribution in [0.3, 0.4) is 0 Å². The molecular weight excluding hydrogens is 220 g/mol. The largest absolute Gasteiger partial charge is 0.383 e. The number of rotatable bonds is 8. The van der Waals surface area contributed by atoms with Gasteiger partial charge >= 0.3 is 0 Å². The first-order chi connectivity index (χ1) is 7.83. The van der Waals surface area contributed by atoms with Gasteiger partial charge in [0.05, 0.1) is 11.6 Å². The van der Waals surface area contributed by atoms with Crippen molar-refractivity contribution in [3.05, 3.63) is 28.2 Å². The minimum absolute atomic E-state index is 0.780. The second-order valence-corrected chi connectivity index (χ2v) is 4.53. The van der Waals surface area contributed by atoms with Gasteiger partial charge < -0.3 is 10.1 Å². The van der Waals surface area contributed by atoms with E-state index in [1.165, 1.54) is 5.01 Å². The molecule has 1 aromatic rings. The maximum Gasteiger partial charge on any atom is 0.0965 e. The van der Waals surface area contributed by atoms with E-state index in [0.29, 0.717) is 0 Å². The number of hydrogen-bond acceptors (Lipinski definition) is 4. The van der Waals surface area contributed by atoms with E-state index in [0.717, 1.165) is 38.2 Å². The van der Waals surface area contributed by atoms with Crippen LogP contribution in [0.4, 0.5) is 0 Å². The summed E-state index contributed by atoms with van der Waals surface area (Å²) in [5, 5.41) is 6.59. The molecule has 90 valence electrons. The fourth-order valence-electron chi connectivity index (χ4n) is 1.28. The van der Waals surface area contributed by atoms with Gasteiger partial charge in [-0.05, 0) is 19.9 Å². The number of ether oxygens (including phenoxy) is 1. The molecule has 0 saturated carbocycles. The Morgan fingerprint density at radius 2 is 2.31 bits per heavy atom. The molecule has 16 heavy (non-hydrogen) atoms. The molecule has 0 spiro atoms. The van der Waals surface area contributed by atoms with Crippen molar-refractivity contribution in [2.45, 2.75) is 19.8 Å². The monoisotopic (exact) mass is 240 g/mol. The average Bonchev–Trinajstić information content (AvgIpc) is 2.68. The molecule has 0 radical (unpaired) electrons. The Morgan fingerprint density at radius 1 is 1.44 bits per heavy atom. The number of allylic oxidation sites excluding steroid dienone is 1. The van der Waals surface area contributed by atoms with Crippen LogP contribution >= 0.6 is 11.3 Å². The lowest BCUT2D eigenvalue weighted by atomic mass is 10.3. The number of nitrogens with one attached hydrogen (secondary N) is 1. The normalized spacial score (nSPS) is 11.4. The van der Waals surface area contributed by atoms with Gasteiger partial charge in [-0.15, -0.1) is 11.3 Å². The number of hydrogen-bond donors (Lipinski definition) is 1. The number of aryl methyl sites for hydroxylation is 1. The van der Waals surface area contributed by atoms with Gasteiger partial charge in [-0.25, -0.2) is 4.98 Å². The minimum atomic E-state index is 0.780. The number of methoxy groups -OCH3 is 1. The van der Waals surface area contributed by atoms with Crippen LogP contribution in [0.2, 0.25) is 0 Å². The molecule has 0 bridgehead atoms. The standard InChI is InChI=1S/C12H20N2OS/c1-11-10-16-12(14-11)6-4-3-5-7-13-8-9-15-2/h3-4,10,13H,5-9H2,1-2H3. The van der Waals surface area contributed by atoms with Gasteiger partial charge in [-0.3, -0.25) is 0 Å². The second kappa shape index (κ2) is 8.44. The third-order valence-corrected chi connectivity index (χ3v) is 3.09. The molecule has 0 amide bonds. The van der Waals surface area contributed by atoms with Crippen LogP contribution in [-0.2, 0) is 11.2 Å². The van der Waals surface area contributed by atoms with Crippen molar-refractivity contribution in [1.29, 1.82) is 0 Å². The van der Waals surface area contributed by atoms with E-state index in [1.54, 1.807) is 18.4 Å². The van der Waals surface area contributed by atoms with E-state index in [9.17, 15) is 0 Å². The highest BCUT2D eigenvalue weighted by Crippen LogP contribution is 2.09. The molecule has 1 rings (SSSR count). The lowest BCUT2D eigenvalue weighted by molar-refractivity contribution is 0.199. The molecule has 0 atom stereocenters. The summed E-state index contributed by atoms with van der Waals surface area (Å²) in [5.41, 5.74) is 1.12. The molecule has 0 unspecified atom stereocenters. The summed E-state index contributed by atoms with van der Waals surface area (Å²) in [6.45, 7) is 4.75. The molecular formula is C12H20N2OS. The Balaban J connectivity index is 2.00. The lowest BCUT2D eigenvalue weighted by Gasteiger charge is -2.00. The summed E-state index contributed by atoms with van der Waals surface area (Å²) in [6, 6.07) is 0. The highest BCUT2D eigenvalue weighted by Gasteiger charge is 1.94. The van der Waals surface area contributed by atoms with E-state index < -0.39 is 0 Å². The van der Waals surface area contributed by atoms with Crippen molar-refractivity contribution in [2.75, 3.05) is 26.8 Å². The zero-order valence-corrected chi connectivity index (χ0v) is 10.8. The van der Waals surface area contributed by atoms with Crippen molar-refractivity contribution in [3.8, 4) is 0 Å². The summed E-state index contributed by atoms with van der Waals surface area (Å²) in [6.07, 6.45) is 6.41. The van der Waals surface area contributed by atoms with Gasteiger partial charge in [-0.2, -0.15) is 0 Å². The summed E-state index contributed by atoms with van der Waals surface area (Å²) in [4.78, 5) is 4.40.